The number of esters is 1. The van der Waals surface area contributed by atoms with Crippen molar-refractivity contribution in [2.24, 2.45) is 0 Å². The maximum atomic E-state index is 12.2. The molecule has 2 fully saturated rings. The van der Waals surface area contributed by atoms with Gasteiger partial charge in [0.1, 0.15) is 11.7 Å². The highest BCUT2D eigenvalue weighted by Crippen LogP contribution is 2.26. The van der Waals surface area contributed by atoms with Gasteiger partial charge in [-0.2, -0.15) is 4.98 Å². The summed E-state index contributed by atoms with van der Waals surface area (Å²) in [5, 5.41) is 0. The van der Waals surface area contributed by atoms with E-state index in [1.165, 1.54) is 19.0 Å². The molecule has 0 spiro atoms. The van der Waals surface area contributed by atoms with Gasteiger partial charge in [-0.25, -0.2) is 9.78 Å². The van der Waals surface area contributed by atoms with Crippen LogP contribution in [0.5, 0.6) is 5.88 Å². The minimum atomic E-state index is -0.431. The van der Waals surface area contributed by atoms with Gasteiger partial charge in [0.2, 0.25) is 11.8 Å². The fourth-order valence-electron chi connectivity index (χ4n) is 3.23. The first-order valence-corrected chi connectivity index (χ1v) is 9.31. The molecular formula is C18H27N3O4. The summed E-state index contributed by atoms with van der Waals surface area (Å²) in [6.07, 6.45) is 8.42. The molecule has 1 aliphatic carbocycles. The smallest absolute Gasteiger partial charge is 0.345 e. The Morgan fingerprint density at radius 1 is 1.24 bits per heavy atom. The number of hydrogen-bond donors (Lipinski definition) is 0. The van der Waals surface area contributed by atoms with E-state index in [-0.39, 0.29) is 6.10 Å². The molecule has 1 aromatic heterocycles. The predicted molar refractivity (Wildman–Crippen MR) is 93.1 cm³/mol. The first-order valence-electron chi connectivity index (χ1n) is 9.31. The third kappa shape index (κ3) is 4.81. The van der Waals surface area contributed by atoms with Gasteiger partial charge in [0.15, 0.2) is 0 Å². The second-order valence-electron chi connectivity index (χ2n) is 6.44. The SMILES string of the molecule is CCOC(=O)c1cnc(N2CCOCC2)nc1OC1CCCCCC1. The van der Waals surface area contributed by atoms with Crippen molar-refractivity contribution in [2.45, 2.75) is 51.6 Å². The molecule has 2 aliphatic rings. The second kappa shape index (κ2) is 8.99. The molecule has 0 radical (unpaired) electrons. The van der Waals surface area contributed by atoms with Crippen molar-refractivity contribution in [1.29, 1.82) is 0 Å². The Labute approximate surface area is 148 Å². The number of hydrogen-bond acceptors (Lipinski definition) is 7. The molecule has 1 aliphatic heterocycles. The summed E-state index contributed by atoms with van der Waals surface area (Å²) in [7, 11) is 0. The highest BCUT2D eigenvalue weighted by atomic mass is 16.5. The number of carbonyl (C=O) groups excluding carboxylic acids is 1. The van der Waals surface area contributed by atoms with Crippen molar-refractivity contribution in [3.8, 4) is 5.88 Å². The van der Waals surface area contributed by atoms with Crippen molar-refractivity contribution < 1.29 is 19.0 Å². The van der Waals surface area contributed by atoms with Gasteiger partial charge in [-0.05, 0) is 32.6 Å². The van der Waals surface area contributed by atoms with Crippen molar-refractivity contribution >= 4 is 11.9 Å². The van der Waals surface area contributed by atoms with Crippen molar-refractivity contribution in [3.05, 3.63) is 11.8 Å². The second-order valence-corrected chi connectivity index (χ2v) is 6.44. The van der Waals surface area contributed by atoms with Crippen LogP contribution >= 0.6 is 0 Å². The van der Waals surface area contributed by atoms with E-state index in [0.717, 1.165) is 38.8 Å². The molecule has 25 heavy (non-hydrogen) atoms. The number of aromatic nitrogens is 2. The van der Waals surface area contributed by atoms with Gasteiger partial charge in [0, 0.05) is 13.1 Å². The molecule has 7 nitrogen and oxygen atoms in total. The zero-order valence-electron chi connectivity index (χ0n) is 14.9. The summed E-state index contributed by atoms with van der Waals surface area (Å²) in [6.45, 7) is 4.88. The lowest BCUT2D eigenvalue weighted by Gasteiger charge is -2.27. The maximum absolute atomic E-state index is 12.2. The monoisotopic (exact) mass is 349 g/mol. The van der Waals surface area contributed by atoms with Crippen LogP contribution in [0.4, 0.5) is 5.95 Å². The Hall–Kier alpha value is -1.89. The first kappa shape index (κ1) is 17.9. The topological polar surface area (TPSA) is 73.8 Å². The van der Waals surface area contributed by atoms with E-state index in [4.69, 9.17) is 14.2 Å². The molecular weight excluding hydrogens is 322 g/mol. The Morgan fingerprint density at radius 2 is 1.96 bits per heavy atom. The fourth-order valence-corrected chi connectivity index (χ4v) is 3.23. The molecule has 3 rings (SSSR count). The molecule has 2 heterocycles. The molecule has 1 saturated carbocycles. The summed E-state index contributed by atoms with van der Waals surface area (Å²) in [4.78, 5) is 23.2. The molecule has 0 N–H and O–H groups in total. The van der Waals surface area contributed by atoms with Crippen LogP contribution in [-0.4, -0.2) is 55.0 Å². The number of ether oxygens (including phenoxy) is 3. The van der Waals surface area contributed by atoms with Crippen LogP contribution in [0, 0.1) is 0 Å². The van der Waals surface area contributed by atoms with Gasteiger partial charge < -0.3 is 19.1 Å². The van der Waals surface area contributed by atoms with E-state index < -0.39 is 5.97 Å². The van der Waals surface area contributed by atoms with Crippen LogP contribution in [0.3, 0.4) is 0 Å². The van der Waals surface area contributed by atoms with Gasteiger partial charge in [-0.15, -0.1) is 0 Å². The lowest BCUT2D eigenvalue weighted by Crippen LogP contribution is -2.37. The fraction of sp³-hybridized carbons (Fsp3) is 0.722. The van der Waals surface area contributed by atoms with Crippen molar-refractivity contribution in [1.82, 2.24) is 9.97 Å². The van der Waals surface area contributed by atoms with Gasteiger partial charge in [0.25, 0.3) is 0 Å². The number of nitrogens with zero attached hydrogens (tertiary/aromatic N) is 3. The quantitative estimate of drug-likeness (QED) is 0.597. The van der Waals surface area contributed by atoms with E-state index in [1.54, 1.807) is 6.92 Å². The minimum absolute atomic E-state index is 0.100. The number of morpholine rings is 1. The third-order valence-electron chi connectivity index (χ3n) is 4.61. The molecule has 0 unspecified atom stereocenters. The molecule has 0 amide bonds. The van der Waals surface area contributed by atoms with E-state index in [9.17, 15) is 4.79 Å². The van der Waals surface area contributed by atoms with E-state index >= 15 is 0 Å². The molecule has 1 aromatic rings. The predicted octanol–water partition coefficient (Wildman–Crippen LogP) is 2.59. The average molecular weight is 349 g/mol. The highest BCUT2D eigenvalue weighted by molar-refractivity contribution is 5.91. The molecule has 0 aromatic carbocycles. The summed E-state index contributed by atoms with van der Waals surface area (Å²) in [6, 6.07) is 0. The Morgan fingerprint density at radius 3 is 2.64 bits per heavy atom. The van der Waals surface area contributed by atoms with Crippen molar-refractivity contribution in [2.75, 3.05) is 37.8 Å². The molecule has 0 atom stereocenters. The van der Waals surface area contributed by atoms with Gasteiger partial charge in [-0.1, -0.05) is 12.8 Å². The van der Waals surface area contributed by atoms with Crippen LogP contribution in [0.15, 0.2) is 6.20 Å². The molecule has 138 valence electrons. The summed E-state index contributed by atoms with van der Waals surface area (Å²) < 4.78 is 16.7. The van der Waals surface area contributed by atoms with Crippen LogP contribution < -0.4 is 9.64 Å². The van der Waals surface area contributed by atoms with Crippen LogP contribution in [0.25, 0.3) is 0 Å². The number of carbonyl (C=O) groups is 1. The van der Waals surface area contributed by atoms with Crippen LogP contribution in [-0.2, 0) is 9.47 Å². The molecule has 1 saturated heterocycles. The van der Waals surface area contributed by atoms with Gasteiger partial charge >= 0.3 is 5.97 Å². The summed E-state index contributed by atoms with van der Waals surface area (Å²) >= 11 is 0. The largest absolute Gasteiger partial charge is 0.474 e. The normalized spacial score (nSPS) is 19.3. The Kier molecular flexibility index (Phi) is 6.44. The van der Waals surface area contributed by atoms with E-state index in [2.05, 4.69) is 14.9 Å². The highest BCUT2D eigenvalue weighted by Gasteiger charge is 2.23. The zero-order valence-corrected chi connectivity index (χ0v) is 14.9. The van der Waals surface area contributed by atoms with Gasteiger partial charge in [-0.3, -0.25) is 0 Å². The standard InChI is InChI=1S/C18H27N3O4/c1-2-24-17(22)15-13-19-18(21-9-11-23-12-10-21)20-16(15)25-14-7-5-3-4-6-8-14/h13-14H,2-12H2,1H3. The zero-order chi connectivity index (χ0) is 17.5. The van der Waals surface area contributed by atoms with Crippen molar-refractivity contribution in [3.63, 3.8) is 0 Å². The summed E-state index contributed by atoms with van der Waals surface area (Å²) in [5.74, 6) is 0.501. The summed E-state index contributed by atoms with van der Waals surface area (Å²) in [5.41, 5.74) is 0.308. The lowest BCUT2D eigenvalue weighted by atomic mass is 10.1. The third-order valence-corrected chi connectivity index (χ3v) is 4.61. The lowest BCUT2D eigenvalue weighted by molar-refractivity contribution is 0.0515. The van der Waals surface area contributed by atoms with Crippen LogP contribution in [0.2, 0.25) is 0 Å². The average Bonchev–Trinajstić information content (AvgIpc) is 2.91. The maximum Gasteiger partial charge on any atom is 0.345 e. The number of rotatable bonds is 5. The first-order chi connectivity index (χ1) is 12.3. The Bertz CT molecular complexity index is 567. The molecule has 7 heteroatoms. The van der Waals surface area contributed by atoms with E-state index in [0.29, 0.717) is 37.2 Å². The van der Waals surface area contributed by atoms with Crippen LogP contribution in [0.1, 0.15) is 55.8 Å². The van der Waals surface area contributed by atoms with E-state index in [1.807, 2.05) is 0 Å². The number of anilines is 1. The van der Waals surface area contributed by atoms with Gasteiger partial charge in [0.05, 0.1) is 26.0 Å². The Balaban J connectivity index is 1.82. The molecule has 0 bridgehead atoms. The minimum Gasteiger partial charge on any atom is -0.474 e.